The van der Waals surface area contributed by atoms with E-state index in [2.05, 4.69) is 15.7 Å². The Balaban J connectivity index is 1.46. The molecule has 1 heterocycles. The van der Waals surface area contributed by atoms with E-state index in [-0.39, 0.29) is 35.3 Å². The predicted octanol–water partition coefficient (Wildman–Crippen LogP) is 2.28. The van der Waals surface area contributed by atoms with Crippen molar-refractivity contribution < 1.29 is 18.8 Å². The molecule has 0 saturated heterocycles. The summed E-state index contributed by atoms with van der Waals surface area (Å²) in [5.41, 5.74) is 5.24. The minimum Gasteiger partial charge on any atom is -0.364 e. The second kappa shape index (κ2) is 8.58. The number of carbonyl (C=O) groups excluding carboxylic acids is 3. The molecule has 0 bridgehead atoms. The van der Waals surface area contributed by atoms with Gasteiger partial charge in [-0.05, 0) is 31.4 Å². The van der Waals surface area contributed by atoms with Crippen molar-refractivity contribution in [1.29, 1.82) is 0 Å². The van der Waals surface area contributed by atoms with Gasteiger partial charge in [-0.2, -0.15) is 5.10 Å². The lowest BCUT2D eigenvalue weighted by molar-refractivity contribution is -0.137. The van der Waals surface area contributed by atoms with E-state index in [1.807, 2.05) is 0 Å². The predicted molar refractivity (Wildman–Crippen MR) is 116 cm³/mol. The summed E-state index contributed by atoms with van der Waals surface area (Å²) in [6.45, 7) is -0.236. The van der Waals surface area contributed by atoms with Crippen LogP contribution >= 0.6 is 11.6 Å². The fourth-order valence-corrected chi connectivity index (χ4v) is 4.04. The second-order valence-electron chi connectivity index (χ2n) is 7.77. The van der Waals surface area contributed by atoms with E-state index >= 15 is 0 Å². The van der Waals surface area contributed by atoms with E-state index in [0.29, 0.717) is 23.7 Å². The van der Waals surface area contributed by atoms with E-state index in [0.717, 1.165) is 6.42 Å². The number of nitrogens with one attached hydrogen (secondary N) is 2. The van der Waals surface area contributed by atoms with E-state index < -0.39 is 23.2 Å². The van der Waals surface area contributed by atoms with Gasteiger partial charge in [0.05, 0.1) is 10.5 Å². The first kappa shape index (κ1) is 21.8. The number of aromatic nitrogens is 2. The maximum absolute atomic E-state index is 14.1. The van der Waals surface area contributed by atoms with Gasteiger partial charge in [0.25, 0.3) is 5.91 Å². The van der Waals surface area contributed by atoms with Crippen LogP contribution in [-0.4, -0.2) is 33.0 Å². The highest BCUT2D eigenvalue weighted by atomic mass is 35.5. The highest BCUT2D eigenvalue weighted by molar-refractivity contribution is 6.30. The van der Waals surface area contributed by atoms with Crippen molar-refractivity contribution in [3.8, 4) is 0 Å². The number of nitrogens with two attached hydrogens (primary N) is 1. The first-order chi connectivity index (χ1) is 15.3. The molecule has 1 aromatic heterocycles. The molecule has 3 amide bonds. The number of carbonyl (C=O) groups is 3. The van der Waals surface area contributed by atoms with Crippen LogP contribution in [0, 0.1) is 5.82 Å². The summed E-state index contributed by atoms with van der Waals surface area (Å²) in [6.07, 6.45) is 1.71. The van der Waals surface area contributed by atoms with E-state index in [9.17, 15) is 18.8 Å². The van der Waals surface area contributed by atoms with Crippen molar-refractivity contribution in [2.75, 3.05) is 0 Å². The zero-order chi connectivity index (χ0) is 22.9. The van der Waals surface area contributed by atoms with Crippen molar-refractivity contribution in [3.63, 3.8) is 0 Å². The summed E-state index contributed by atoms with van der Waals surface area (Å²) in [7, 11) is 0. The van der Waals surface area contributed by atoms with Gasteiger partial charge in [0.2, 0.25) is 11.8 Å². The van der Waals surface area contributed by atoms with Crippen molar-refractivity contribution in [2.45, 2.75) is 37.9 Å². The number of para-hydroxylation sites is 1. The maximum atomic E-state index is 14.1. The zero-order valence-electron chi connectivity index (χ0n) is 17.0. The van der Waals surface area contributed by atoms with Crippen molar-refractivity contribution in [3.05, 3.63) is 64.6 Å². The molecule has 0 atom stereocenters. The molecule has 0 unspecified atom stereocenters. The van der Waals surface area contributed by atoms with Gasteiger partial charge in [-0.1, -0.05) is 41.9 Å². The monoisotopic (exact) mass is 457 g/mol. The second-order valence-corrected chi connectivity index (χ2v) is 8.17. The first-order valence-electron chi connectivity index (χ1n) is 10.1. The van der Waals surface area contributed by atoms with Gasteiger partial charge in [-0.15, -0.1) is 0 Å². The topological polar surface area (TPSA) is 119 Å². The van der Waals surface area contributed by atoms with Gasteiger partial charge < -0.3 is 16.4 Å². The van der Waals surface area contributed by atoms with Gasteiger partial charge in [0.15, 0.2) is 5.69 Å². The third kappa shape index (κ3) is 4.03. The molecule has 10 heteroatoms. The number of hydrogen-bond donors (Lipinski definition) is 3. The fraction of sp³-hybridized carbons (Fsp3) is 0.273. The molecule has 8 nitrogen and oxygen atoms in total. The van der Waals surface area contributed by atoms with Crippen LogP contribution in [0.3, 0.4) is 0 Å². The number of benzene rings is 2. The lowest BCUT2D eigenvalue weighted by Gasteiger charge is -2.40. The van der Waals surface area contributed by atoms with Crippen LogP contribution < -0.4 is 16.4 Å². The number of amides is 3. The van der Waals surface area contributed by atoms with Crippen LogP contribution in [0.5, 0.6) is 0 Å². The maximum Gasteiger partial charge on any atom is 0.269 e. The smallest absolute Gasteiger partial charge is 0.269 e. The molecule has 4 N–H and O–H groups in total. The molecule has 1 aliphatic carbocycles. The molecular weight excluding hydrogens is 437 g/mol. The molecule has 3 aromatic rings. The van der Waals surface area contributed by atoms with Gasteiger partial charge >= 0.3 is 0 Å². The van der Waals surface area contributed by atoms with Crippen LogP contribution in [0.2, 0.25) is 5.02 Å². The van der Waals surface area contributed by atoms with Crippen LogP contribution in [0.25, 0.3) is 10.9 Å². The van der Waals surface area contributed by atoms with Crippen molar-refractivity contribution in [2.24, 2.45) is 5.73 Å². The number of nitrogens with zero attached hydrogens (tertiary/aromatic N) is 2. The van der Waals surface area contributed by atoms with E-state index in [1.54, 1.807) is 30.3 Å². The van der Waals surface area contributed by atoms with E-state index in [4.69, 9.17) is 17.3 Å². The molecule has 1 fully saturated rings. The van der Waals surface area contributed by atoms with Crippen LogP contribution in [-0.2, 0) is 22.7 Å². The summed E-state index contributed by atoms with van der Waals surface area (Å²) >= 11 is 5.78. The molecule has 1 aliphatic rings. The normalized spacial score (nSPS) is 14.6. The van der Waals surface area contributed by atoms with Crippen LogP contribution in [0.15, 0.2) is 42.5 Å². The van der Waals surface area contributed by atoms with Gasteiger partial charge in [-0.3, -0.25) is 19.1 Å². The highest BCUT2D eigenvalue weighted by Crippen LogP contribution is 2.32. The van der Waals surface area contributed by atoms with E-state index in [1.165, 1.54) is 16.8 Å². The lowest BCUT2D eigenvalue weighted by atomic mass is 9.75. The first-order valence-corrected chi connectivity index (χ1v) is 10.5. The molecule has 1 saturated carbocycles. The summed E-state index contributed by atoms with van der Waals surface area (Å²) in [4.78, 5) is 37.3. The quantitative estimate of drug-likeness (QED) is 0.504. The van der Waals surface area contributed by atoms with Crippen LogP contribution in [0.4, 0.5) is 4.39 Å². The number of primary amides is 1. The molecule has 0 aliphatic heterocycles. The molecular formula is C22H21ClFN5O3. The summed E-state index contributed by atoms with van der Waals surface area (Å²) in [5.74, 6) is -2.10. The largest absolute Gasteiger partial charge is 0.364 e. The Morgan fingerprint density at radius 3 is 2.59 bits per heavy atom. The standard InChI is InChI=1S/C22H21ClFN5O3/c23-15-7-3-5-13(18(15)24)11-26-21(32)22(9-4-10-22)27-17(30)12-29-16-8-2-1-6-14(16)19(28-29)20(25)31/h1-3,5-8H,4,9-12H2,(H2,25,31)(H,26,32)(H,27,30). The van der Waals surface area contributed by atoms with Gasteiger partial charge in [-0.25, -0.2) is 4.39 Å². The van der Waals surface area contributed by atoms with Crippen LogP contribution in [0.1, 0.15) is 35.3 Å². The van der Waals surface area contributed by atoms with Gasteiger partial charge in [0.1, 0.15) is 17.9 Å². The summed E-state index contributed by atoms with van der Waals surface area (Å²) < 4.78 is 15.5. The summed E-state index contributed by atoms with van der Waals surface area (Å²) in [6, 6.07) is 11.5. The average Bonchev–Trinajstić information content (AvgIpc) is 3.10. The molecule has 0 spiro atoms. The number of rotatable bonds is 7. The Morgan fingerprint density at radius 1 is 1.16 bits per heavy atom. The SMILES string of the molecule is NC(=O)c1nn(CC(=O)NC2(C(=O)NCc3cccc(Cl)c3F)CCC2)c2ccccc12. The average molecular weight is 458 g/mol. The van der Waals surface area contributed by atoms with Crippen molar-refractivity contribution >= 4 is 40.2 Å². The lowest BCUT2D eigenvalue weighted by Crippen LogP contribution is -2.63. The fourth-order valence-electron chi connectivity index (χ4n) is 3.84. The minimum absolute atomic E-state index is 0.0230. The Bertz CT molecular complexity index is 1220. The number of halogens is 2. The van der Waals surface area contributed by atoms with Gasteiger partial charge in [0, 0.05) is 17.5 Å². The third-order valence-electron chi connectivity index (χ3n) is 5.68. The molecule has 166 valence electrons. The Morgan fingerprint density at radius 2 is 1.91 bits per heavy atom. The molecule has 2 aromatic carbocycles. The van der Waals surface area contributed by atoms with Crippen molar-refractivity contribution in [1.82, 2.24) is 20.4 Å². The number of fused-ring (bicyclic) bond motifs is 1. The Hall–Kier alpha value is -3.46. The highest BCUT2D eigenvalue weighted by Gasteiger charge is 2.45. The number of hydrogen-bond acceptors (Lipinski definition) is 4. The molecule has 4 rings (SSSR count). The Labute approximate surface area is 187 Å². The summed E-state index contributed by atoms with van der Waals surface area (Å²) in [5, 5.41) is 10.2. The Kier molecular flexibility index (Phi) is 5.84. The third-order valence-corrected chi connectivity index (χ3v) is 5.97. The molecule has 0 radical (unpaired) electrons. The molecule has 32 heavy (non-hydrogen) atoms. The zero-order valence-corrected chi connectivity index (χ0v) is 17.8. The minimum atomic E-state index is -1.07.